The van der Waals surface area contributed by atoms with E-state index >= 15 is 0 Å². The van der Waals surface area contributed by atoms with Crippen LogP contribution in [0.15, 0.2) is 48.5 Å². The number of hydrogen-bond donors (Lipinski definition) is 2. The van der Waals surface area contributed by atoms with Crippen LogP contribution in [-0.2, 0) is 4.79 Å². The SMILES string of the molecule is CN(c1ccc(Cl)cc1)c1ccccc1NC(=O)C1CCNCC1. The van der Waals surface area contributed by atoms with Crippen LogP contribution < -0.4 is 15.5 Å². The van der Waals surface area contributed by atoms with E-state index in [2.05, 4.69) is 10.6 Å². The van der Waals surface area contributed by atoms with E-state index in [-0.39, 0.29) is 11.8 Å². The first-order valence-corrected chi connectivity index (χ1v) is 8.63. The molecule has 0 spiro atoms. The van der Waals surface area contributed by atoms with Gasteiger partial charge < -0.3 is 15.5 Å². The zero-order chi connectivity index (χ0) is 16.9. The maximum absolute atomic E-state index is 12.5. The lowest BCUT2D eigenvalue weighted by molar-refractivity contribution is -0.120. The van der Waals surface area contributed by atoms with E-state index in [4.69, 9.17) is 11.6 Å². The van der Waals surface area contributed by atoms with Gasteiger partial charge >= 0.3 is 0 Å². The number of halogens is 1. The van der Waals surface area contributed by atoms with Gasteiger partial charge in [0.2, 0.25) is 5.91 Å². The first kappa shape index (κ1) is 16.8. The summed E-state index contributed by atoms with van der Waals surface area (Å²) < 4.78 is 0. The summed E-state index contributed by atoms with van der Waals surface area (Å²) in [5, 5.41) is 7.11. The van der Waals surface area contributed by atoms with Crippen LogP contribution in [0, 0.1) is 5.92 Å². The first-order valence-electron chi connectivity index (χ1n) is 8.25. The van der Waals surface area contributed by atoms with Crippen molar-refractivity contribution in [3.8, 4) is 0 Å². The number of para-hydroxylation sites is 2. The normalized spacial score (nSPS) is 15.1. The van der Waals surface area contributed by atoms with Crippen molar-refractivity contribution >= 4 is 34.6 Å². The van der Waals surface area contributed by atoms with Crippen LogP contribution in [0.2, 0.25) is 5.02 Å². The number of piperidine rings is 1. The molecule has 1 fully saturated rings. The maximum atomic E-state index is 12.5. The molecule has 0 aromatic heterocycles. The zero-order valence-corrected chi connectivity index (χ0v) is 14.5. The van der Waals surface area contributed by atoms with Crippen LogP contribution in [0.5, 0.6) is 0 Å². The largest absolute Gasteiger partial charge is 0.343 e. The summed E-state index contributed by atoms with van der Waals surface area (Å²) >= 11 is 5.97. The first-order chi connectivity index (χ1) is 11.6. The third kappa shape index (κ3) is 3.89. The highest BCUT2D eigenvalue weighted by Gasteiger charge is 2.22. The summed E-state index contributed by atoms with van der Waals surface area (Å²) in [6.07, 6.45) is 1.78. The summed E-state index contributed by atoms with van der Waals surface area (Å²) in [7, 11) is 1.98. The van der Waals surface area contributed by atoms with Gasteiger partial charge in [-0.05, 0) is 62.3 Å². The maximum Gasteiger partial charge on any atom is 0.227 e. The molecule has 24 heavy (non-hydrogen) atoms. The molecule has 3 rings (SSSR count). The average Bonchev–Trinajstić information content (AvgIpc) is 2.63. The summed E-state index contributed by atoms with van der Waals surface area (Å²) in [5.41, 5.74) is 2.81. The summed E-state index contributed by atoms with van der Waals surface area (Å²) in [6, 6.07) is 15.5. The van der Waals surface area contributed by atoms with Crippen LogP contribution in [0.25, 0.3) is 0 Å². The fourth-order valence-corrected chi connectivity index (χ4v) is 3.12. The molecule has 4 nitrogen and oxygen atoms in total. The van der Waals surface area contributed by atoms with Gasteiger partial charge in [-0.3, -0.25) is 4.79 Å². The van der Waals surface area contributed by atoms with Crippen LogP contribution in [0.4, 0.5) is 17.1 Å². The molecular formula is C19H22ClN3O. The molecule has 0 atom stereocenters. The number of nitrogens with one attached hydrogen (secondary N) is 2. The molecule has 2 aromatic rings. The minimum absolute atomic E-state index is 0.0835. The lowest BCUT2D eigenvalue weighted by Crippen LogP contribution is -2.34. The van der Waals surface area contributed by atoms with Gasteiger partial charge in [-0.1, -0.05) is 23.7 Å². The zero-order valence-electron chi connectivity index (χ0n) is 13.8. The van der Waals surface area contributed by atoms with E-state index in [1.165, 1.54) is 0 Å². The van der Waals surface area contributed by atoms with Gasteiger partial charge in [-0.25, -0.2) is 0 Å². The molecule has 5 heteroatoms. The van der Waals surface area contributed by atoms with Crippen LogP contribution in [0.1, 0.15) is 12.8 Å². The minimum Gasteiger partial charge on any atom is -0.343 e. The van der Waals surface area contributed by atoms with Gasteiger partial charge in [-0.15, -0.1) is 0 Å². The van der Waals surface area contributed by atoms with Gasteiger partial charge in [0.1, 0.15) is 0 Å². The van der Waals surface area contributed by atoms with E-state index in [0.717, 1.165) is 43.0 Å². The molecule has 1 amide bonds. The smallest absolute Gasteiger partial charge is 0.227 e. The van der Waals surface area contributed by atoms with E-state index in [1.54, 1.807) is 0 Å². The number of benzene rings is 2. The van der Waals surface area contributed by atoms with Gasteiger partial charge in [0.25, 0.3) is 0 Å². The van der Waals surface area contributed by atoms with Gasteiger partial charge in [-0.2, -0.15) is 0 Å². The number of amides is 1. The Morgan fingerprint density at radius 1 is 1.12 bits per heavy atom. The van der Waals surface area contributed by atoms with E-state index in [0.29, 0.717) is 5.02 Å². The predicted molar refractivity (Wildman–Crippen MR) is 100 cm³/mol. The van der Waals surface area contributed by atoms with Crippen molar-refractivity contribution in [2.45, 2.75) is 12.8 Å². The topological polar surface area (TPSA) is 44.4 Å². The van der Waals surface area contributed by atoms with Gasteiger partial charge in [0, 0.05) is 23.7 Å². The Balaban J connectivity index is 1.79. The Hall–Kier alpha value is -2.04. The average molecular weight is 344 g/mol. The Morgan fingerprint density at radius 2 is 1.79 bits per heavy atom. The fourth-order valence-electron chi connectivity index (χ4n) is 2.99. The number of carbonyl (C=O) groups is 1. The fraction of sp³-hybridized carbons (Fsp3) is 0.316. The highest BCUT2D eigenvalue weighted by atomic mass is 35.5. The molecule has 0 unspecified atom stereocenters. The van der Waals surface area contributed by atoms with Crippen molar-refractivity contribution < 1.29 is 4.79 Å². The van der Waals surface area contributed by atoms with Gasteiger partial charge in [0.15, 0.2) is 0 Å². The number of carbonyl (C=O) groups excluding carboxylic acids is 1. The van der Waals surface area contributed by atoms with Crippen molar-refractivity contribution in [2.24, 2.45) is 5.92 Å². The third-order valence-corrected chi connectivity index (χ3v) is 4.70. The molecule has 0 aliphatic carbocycles. The van der Waals surface area contributed by atoms with Crippen molar-refractivity contribution in [3.05, 3.63) is 53.6 Å². The summed E-state index contributed by atoms with van der Waals surface area (Å²) in [5.74, 6) is 0.189. The second-order valence-electron chi connectivity index (χ2n) is 6.07. The van der Waals surface area contributed by atoms with Crippen LogP contribution in [0.3, 0.4) is 0 Å². The second kappa shape index (κ2) is 7.69. The summed E-state index contributed by atoms with van der Waals surface area (Å²) in [4.78, 5) is 14.6. The second-order valence-corrected chi connectivity index (χ2v) is 6.50. The highest BCUT2D eigenvalue weighted by Crippen LogP contribution is 2.31. The van der Waals surface area contributed by atoms with Crippen LogP contribution >= 0.6 is 11.6 Å². The number of anilines is 3. The Labute approximate surface area is 147 Å². The molecular weight excluding hydrogens is 322 g/mol. The molecule has 1 heterocycles. The Kier molecular flexibility index (Phi) is 5.38. The predicted octanol–water partition coefficient (Wildman–Crippen LogP) is 4.05. The monoisotopic (exact) mass is 343 g/mol. The molecule has 2 N–H and O–H groups in total. The number of rotatable bonds is 4. The van der Waals surface area contributed by atoms with Crippen molar-refractivity contribution in [1.29, 1.82) is 0 Å². The molecule has 0 saturated carbocycles. The van der Waals surface area contributed by atoms with Crippen molar-refractivity contribution in [2.75, 3.05) is 30.4 Å². The molecule has 126 valence electrons. The highest BCUT2D eigenvalue weighted by molar-refractivity contribution is 6.30. The quantitative estimate of drug-likeness (QED) is 0.880. The van der Waals surface area contributed by atoms with Crippen LogP contribution in [-0.4, -0.2) is 26.0 Å². The van der Waals surface area contributed by atoms with Crippen molar-refractivity contribution in [3.63, 3.8) is 0 Å². The molecule has 0 bridgehead atoms. The van der Waals surface area contributed by atoms with E-state index in [1.807, 2.05) is 60.5 Å². The standard InChI is InChI=1S/C19H22ClN3O/c1-23(16-8-6-15(20)7-9-16)18-5-3-2-4-17(18)22-19(24)14-10-12-21-13-11-14/h2-9,14,21H,10-13H2,1H3,(H,22,24). The Morgan fingerprint density at radius 3 is 2.50 bits per heavy atom. The third-order valence-electron chi connectivity index (χ3n) is 4.45. The lowest BCUT2D eigenvalue weighted by atomic mass is 9.97. The molecule has 0 radical (unpaired) electrons. The molecule has 2 aromatic carbocycles. The molecule has 1 aliphatic heterocycles. The van der Waals surface area contributed by atoms with Gasteiger partial charge in [0.05, 0.1) is 11.4 Å². The summed E-state index contributed by atoms with van der Waals surface area (Å²) in [6.45, 7) is 1.81. The van der Waals surface area contributed by atoms with E-state index in [9.17, 15) is 4.79 Å². The lowest BCUT2D eigenvalue weighted by Gasteiger charge is -2.25. The molecule has 1 saturated heterocycles. The van der Waals surface area contributed by atoms with Crippen molar-refractivity contribution in [1.82, 2.24) is 5.32 Å². The van der Waals surface area contributed by atoms with E-state index < -0.39 is 0 Å². The number of nitrogens with zero attached hydrogens (tertiary/aromatic N) is 1. The number of hydrogen-bond acceptors (Lipinski definition) is 3. The molecule has 1 aliphatic rings. The Bertz CT molecular complexity index is 696. The minimum atomic E-state index is 0.0835.